The Hall–Kier alpha value is -2.53. The van der Waals surface area contributed by atoms with E-state index < -0.39 is 15.9 Å². The molecule has 8 nitrogen and oxygen atoms in total. The molecule has 10 heteroatoms. The Morgan fingerprint density at radius 1 is 1.08 bits per heavy atom. The van der Waals surface area contributed by atoms with Gasteiger partial charge in [-0.2, -0.15) is 9.30 Å². The quantitative estimate of drug-likeness (QED) is 0.340. The largest absolute Gasteiger partial charge is 0.494 e. The zero-order valence-electron chi connectivity index (χ0n) is 21.7. The minimum absolute atomic E-state index is 0.0263. The third-order valence-electron chi connectivity index (χ3n) is 6.58. The zero-order chi connectivity index (χ0) is 26.4. The number of carbonyl (C=O) groups is 1. The van der Waals surface area contributed by atoms with Crippen LogP contribution in [-0.2, 0) is 21.3 Å². The molecular weight excluding hydrogens is 510 g/mol. The molecule has 1 aliphatic heterocycles. The monoisotopic (exact) mass is 545 g/mol. The maximum atomic E-state index is 13.3. The second-order valence-electron chi connectivity index (χ2n) is 8.91. The van der Waals surface area contributed by atoms with Gasteiger partial charge in [0, 0.05) is 31.3 Å². The van der Waals surface area contributed by atoms with Crippen molar-refractivity contribution in [3.05, 3.63) is 52.8 Å². The number of carbonyl (C=O) groups excluding carboxylic acids is 1. The van der Waals surface area contributed by atoms with Crippen LogP contribution in [-0.4, -0.2) is 55.6 Å². The number of aromatic nitrogens is 1. The first kappa shape index (κ1) is 27.5. The SMILES string of the molecule is CCOCCn1c(=NC(=O)c2ccc(S(=O)(=O)N3CCCCC3CC)cc2)sc2cc(OCC)ccc21. The Morgan fingerprint density at radius 3 is 2.57 bits per heavy atom. The average Bonchev–Trinajstić information content (AvgIpc) is 3.25. The molecule has 0 spiro atoms. The Labute approximate surface area is 222 Å². The molecule has 0 radical (unpaired) electrons. The highest BCUT2D eigenvalue weighted by Gasteiger charge is 2.32. The van der Waals surface area contributed by atoms with Gasteiger partial charge in [-0.05, 0) is 75.6 Å². The average molecular weight is 546 g/mol. The molecule has 3 aromatic rings. The van der Waals surface area contributed by atoms with Gasteiger partial charge in [-0.1, -0.05) is 24.7 Å². The van der Waals surface area contributed by atoms with E-state index in [1.54, 1.807) is 16.4 Å². The van der Waals surface area contributed by atoms with Crippen molar-refractivity contribution in [1.82, 2.24) is 8.87 Å². The number of benzene rings is 2. The van der Waals surface area contributed by atoms with E-state index in [0.717, 1.165) is 41.6 Å². The van der Waals surface area contributed by atoms with Gasteiger partial charge in [0.2, 0.25) is 10.0 Å². The number of nitrogens with zero attached hydrogens (tertiary/aromatic N) is 3. The van der Waals surface area contributed by atoms with E-state index in [1.807, 2.05) is 43.5 Å². The molecule has 200 valence electrons. The number of fused-ring (bicyclic) bond motifs is 1. The van der Waals surface area contributed by atoms with Gasteiger partial charge in [-0.15, -0.1) is 0 Å². The Bertz CT molecular complexity index is 1390. The fraction of sp³-hybridized carbons (Fsp3) is 0.481. The highest BCUT2D eigenvalue weighted by Crippen LogP contribution is 2.27. The van der Waals surface area contributed by atoms with Gasteiger partial charge in [0.05, 0.1) is 28.3 Å². The highest BCUT2D eigenvalue weighted by atomic mass is 32.2. The van der Waals surface area contributed by atoms with Crippen molar-refractivity contribution in [2.24, 2.45) is 4.99 Å². The summed E-state index contributed by atoms with van der Waals surface area (Å²) < 4.78 is 42.3. The standard InChI is InChI=1S/C27H35N3O5S2/c1-4-21-9-7-8-16-30(21)37(32,33)23-13-10-20(11-14-23)26(31)28-27-29(17-18-34-5-2)24-15-12-22(35-6-3)19-25(24)36-27/h10-15,19,21H,4-9,16-18H2,1-3H3. The summed E-state index contributed by atoms with van der Waals surface area (Å²) in [4.78, 5) is 18.3. The Morgan fingerprint density at radius 2 is 1.86 bits per heavy atom. The molecular formula is C27H35N3O5S2. The fourth-order valence-electron chi connectivity index (χ4n) is 4.67. The number of amides is 1. The van der Waals surface area contributed by atoms with Gasteiger partial charge in [0.1, 0.15) is 5.75 Å². The molecule has 1 atom stereocenters. The second kappa shape index (κ2) is 12.3. The smallest absolute Gasteiger partial charge is 0.279 e. The summed E-state index contributed by atoms with van der Waals surface area (Å²) >= 11 is 1.41. The summed E-state index contributed by atoms with van der Waals surface area (Å²) in [6.45, 7) is 8.66. The normalized spacial score (nSPS) is 17.4. The predicted molar refractivity (Wildman–Crippen MR) is 146 cm³/mol. The summed E-state index contributed by atoms with van der Waals surface area (Å²) in [5, 5.41) is 0. The lowest BCUT2D eigenvalue weighted by Gasteiger charge is -2.34. The van der Waals surface area contributed by atoms with E-state index in [0.29, 0.717) is 43.3 Å². The molecule has 0 bridgehead atoms. The molecule has 4 rings (SSSR count). The summed E-state index contributed by atoms with van der Waals surface area (Å²) in [7, 11) is -3.61. The Kier molecular flexibility index (Phi) is 9.17. The molecule has 1 aliphatic rings. The first-order valence-corrected chi connectivity index (χ1v) is 15.2. The second-order valence-corrected chi connectivity index (χ2v) is 11.8. The molecule has 0 aliphatic carbocycles. The van der Waals surface area contributed by atoms with Crippen LogP contribution in [0.25, 0.3) is 10.2 Å². The van der Waals surface area contributed by atoms with E-state index >= 15 is 0 Å². The zero-order valence-corrected chi connectivity index (χ0v) is 23.3. The van der Waals surface area contributed by atoms with Gasteiger partial charge >= 0.3 is 0 Å². The van der Waals surface area contributed by atoms with Crippen LogP contribution in [0.1, 0.15) is 56.8 Å². The molecule has 2 heterocycles. The first-order chi connectivity index (χ1) is 17.9. The molecule has 0 N–H and O–H groups in total. The van der Waals surface area contributed by atoms with Gasteiger partial charge in [-0.3, -0.25) is 4.79 Å². The minimum atomic E-state index is -3.61. The number of rotatable bonds is 10. The minimum Gasteiger partial charge on any atom is -0.494 e. The van der Waals surface area contributed by atoms with E-state index in [1.165, 1.54) is 23.5 Å². The lowest BCUT2D eigenvalue weighted by atomic mass is 10.0. The van der Waals surface area contributed by atoms with E-state index in [4.69, 9.17) is 9.47 Å². The number of piperidine rings is 1. The molecule has 1 fully saturated rings. The predicted octanol–water partition coefficient (Wildman–Crippen LogP) is 4.83. The first-order valence-electron chi connectivity index (χ1n) is 12.9. The number of thiazole rings is 1. The van der Waals surface area contributed by atoms with Crippen LogP contribution in [0.5, 0.6) is 5.75 Å². The van der Waals surface area contributed by atoms with Crippen molar-refractivity contribution in [2.75, 3.05) is 26.4 Å². The van der Waals surface area contributed by atoms with E-state index in [-0.39, 0.29) is 10.9 Å². The Balaban J connectivity index is 1.63. The van der Waals surface area contributed by atoms with Gasteiger partial charge in [-0.25, -0.2) is 8.42 Å². The number of hydrogen-bond acceptors (Lipinski definition) is 6. The summed E-state index contributed by atoms with van der Waals surface area (Å²) in [5.74, 6) is 0.344. The van der Waals surface area contributed by atoms with Crippen LogP contribution in [0, 0.1) is 0 Å². The van der Waals surface area contributed by atoms with Crippen molar-refractivity contribution in [2.45, 2.75) is 63.9 Å². The van der Waals surface area contributed by atoms with Crippen LogP contribution in [0.2, 0.25) is 0 Å². The van der Waals surface area contributed by atoms with Crippen LogP contribution in [0.15, 0.2) is 52.4 Å². The highest BCUT2D eigenvalue weighted by molar-refractivity contribution is 7.89. The molecule has 1 aromatic heterocycles. The van der Waals surface area contributed by atoms with Crippen LogP contribution in [0.4, 0.5) is 0 Å². The molecule has 0 saturated carbocycles. The maximum absolute atomic E-state index is 13.3. The van der Waals surface area contributed by atoms with Crippen LogP contribution >= 0.6 is 11.3 Å². The molecule has 37 heavy (non-hydrogen) atoms. The summed E-state index contributed by atoms with van der Waals surface area (Å²) in [6.07, 6.45) is 3.60. The third-order valence-corrected chi connectivity index (χ3v) is 9.59. The van der Waals surface area contributed by atoms with Gasteiger partial charge < -0.3 is 14.0 Å². The lowest BCUT2D eigenvalue weighted by molar-refractivity contribution is 0.0996. The van der Waals surface area contributed by atoms with Crippen LogP contribution < -0.4 is 9.54 Å². The van der Waals surface area contributed by atoms with Crippen molar-refractivity contribution in [3.63, 3.8) is 0 Å². The number of sulfonamides is 1. The number of ether oxygens (including phenoxy) is 2. The van der Waals surface area contributed by atoms with Gasteiger partial charge in [0.15, 0.2) is 4.80 Å². The van der Waals surface area contributed by atoms with Crippen molar-refractivity contribution in [3.8, 4) is 5.75 Å². The maximum Gasteiger partial charge on any atom is 0.279 e. The number of hydrogen-bond donors (Lipinski definition) is 0. The molecule has 1 amide bonds. The lowest BCUT2D eigenvalue weighted by Crippen LogP contribution is -2.43. The summed E-state index contributed by atoms with van der Waals surface area (Å²) in [6, 6.07) is 12.0. The van der Waals surface area contributed by atoms with E-state index in [9.17, 15) is 13.2 Å². The fourth-order valence-corrected chi connectivity index (χ4v) is 7.52. The molecule has 1 unspecified atom stereocenters. The topological polar surface area (TPSA) is 90.2 Å². The van der Waals surface area contributed by atoms with Crippen molar-refractivity contribution in [1.29, 1.82) is 0 Å². The summed E-state index contributed by atoms with van der Waals surface area (Å²) in [5.41, 5.74) is 1.29. The van der Waals surface area contributed by atoms with Crippen LogP contribution in [0.3, 0.4) is 0 Å². The molecule has 2 aromatic carbocycles. The van der Waals surface area contributed by atoms with Crippen molar-refractivity contribution >= 4 is 37.5 Å². The molecule has 1 saturated heterocycles. The van der Waals surface area contributed by atoms with Crippen molar-refractivity contribution < 1.29 is 22.7 Å². The third kappa shape index (κ3) is 6.14. The van der Waals surface area contributed by atoms with E-state index in [2.05, 4.69) is 4.99 Å². The van der Waals surface area contributed by atoms with Gasteiger partial charge in [0.25, 0.3) is 5.91 Å².